The van der Waals surface area contributed by atoms with Crippen LogP contribution in [0.3, 0.4) is 0 Å². The number of hydrogen-bond donors (Lipinski definition) is 1. The summed E-state index contributed by atoms with van der Waals surface area (Å²) >= 11 is 2.83. The van der Waals surface area contributed by atoms with Crippen LogP contribution in [0.25, 0.3) is 0 Å². The highest BCUT2D eigenvalue weighted by molar-refractivity contribution is 7.44. The highest BCUT2D eigenvalue weighted by Crippen LogP contribution is 2.59. The lowest BCUT2D eigenvalue weighted by atomic mass is 10.1. The fourth-order valence-electron chi connectivity index (χ4n) is 2.06. The van der Waals surface area contributed by atoms with Crippen LogP contribution in [0.15, 0.2) is 0 Å². The Morgan fingerprint density at radius 3 is 1.85 bits per heavy atom. The Morgan fingerprint density at radius 1 is 1.38 bits per heavy atom. The molecule has 1 aliphatic heterocycles. The molecule has 2 nitrogen and oxygen atoms in total. The van der Waals surface area contributed by atoms with Gasteiger partial charge in [-0.05, 0) is 37.3 Å². The van der Waals surface area contributed by atoms with Crippen molar-refractivity contribution in [1.29, 1.82) is 0 Å². The molecule has 0 spiro atoms. The Labute approximate surface area is 86.0 Å². The van der Waals surface area contributed by atoms with Crippen LogP contribution in [0.5, 0.6) is 0 Å². The van der Waals surface area contributed by atoms with Gasteiger partial charge in [0, 0.05) is 0 Å². The molecule has 1 N–H and O–H groups in total. The molecule has 0 aromatic carbocycles. The van der Waals surface area contributed by atoms with Crippen molar-refractivity contribution in [2.45, 2.75) is 20.8 Å². The van der Waals surface area contributed by atoms with Crippen LogP contribution in [0, 0.1) is 29.6 Å². The van der Waals surface area contributed by atoms with E-state index in [0.717, 1.165) is 11.8 Å². The van der Waals surface area contributed by atoms with Gasteiger partial charge in [0.05, 0.1) is 0 Å². The first-order valence-electron chi connectivity index (χ1n) is 4.39. The molecule has 1 saturated carbocycles. The monoisotopic (exact) mass is 199 g/mol. The van der Waals surface area contributed by atoms with Gasteiger partial charge in [-0.25, -0.2) is 0 Å². The van der Waals surface area contributed by atoms with E-state index in [1.54, 1.807) is 6.92 Å². The molecule has 0 bridgehead atoms. The number of hydrogen-bond acceptors (Lipinski definition) is 3. The average Bonchev–Trinajstić information content (AvgIpc) is 2.57. The minimum atomic E-state index is 0.700. The molecule has 0 amide bonds. The van der Waals surface area contributed by atoms with E-state index in [2.05, 4.69) is 44.0 Å². The van der Waals surface area contributed by atoms with Gasteiger partial charge in [0.1, 0.15) is 0 Å². The number of rotatable bonds is 0. The molecule has 13 heavy (non-hydrogen) atoms. The zero-order valence-electron chi connectivity index (χ0n) is 8.46. The van der Waals surface area contributed by atoms with Gasteiger partial charge in [-0.2, -0.15) is 4.21 Å². The summed E-state index contributed by atoms with van der Waals surface area (Å²) < 4.78 is 7.83. The van der Waals surface area contributed by atoms with Crippen molar-refractivity contribution in [3.63, 3.8) is 0 Å². The van der Waals surface area contributed by atoms with Crippen molar-refractivity contribution in [2.24, 2.45) is 17.3 Å². The van der Waals surface area contributed by atoms with E-state index in [1.165, 1.54) is 13.1 Å². The summed E-state index contributed by atoms with van der Waals surface area (Å²) in [7, 11) is 0. The fourth-order valence-corrected chi connectivity index (χ4v) is 2.06. The van der Waals surface area contributed by atoms with Crippen molar-refractivity contribution in [3.05, 3.63) is 0 Å². The standard InChI is InChI=1S/C7H13N.C3H4.OS/c1-7(2)5-3-8-4-6(5)7;1-3-2;1-2/h5-6,8H,3-4H2,1-2H3;1H,2H3;. The van der Waals surface area contributed by atoms with E-state index >= 15 is 0 Å². The van der Waals surface area contributed by atoms with Crippen molar-refractivity contribution < 1.29 is 4.21 Å². The summed E-state index contributed by atoms with van der Waals surface area (Å²) in [4.78, 5) is 0. The second-order valence-electron chi connectivity index (χ2n) is 3.98. The summed E-state index contributed by atoms with van der Waals surface area (Å²) in [5, 5.41) is 3.38. The van der Waals surface area contributed by atoms with Gasteiger partial charge in [-0.3, -0.25) is 0 Å². The minimum absolute atomic E-state index is 0.700. The topological polar surface area (TPSA) is 29.1 Å². The largest absolute Gasteiger partial charge is 0.316 e. The molecule has 1 aliphatic carbocycles. The Balaban J connectivity index is 0.000000251. The third-order valence-corrected chi connectivity index (χ3v) is 3.02. The second kappa shape index (κ2) is 5.31. The molecule has 2 unspecified atom stereocenters. The highest BCUT2D eigenvalue weighted by atomic mass is 32.1. The van der Waals surface area contributed by atoms with Gasteiger partial charge < -0.3 is 5.32 Å². The first-order valence-corrected chi connectivity index (χ1v) is 4.72. The zero-order chi connectivity index (χ0) is 10.5. The molecule has 0 aromatic rings. The molecule has 2 atom stereocenters. The summed E-state index contributed by atoms with van der Waals surface area (Å²) in [6.45, 7) is 8.96. The molecule has 3 heteroatoms. The SMILES string of the molecule is C#CC.CC1(C)C2CNCC21.O=S. The van der Waals surface area contributed by atoms with Gasteiger partial charge in [0.2, 0.25) is 0 Å². The molecular formula is C10H17NOS. The molecule has 1 saturated heterocycles. The summed E-state index contributed by atoms with van der Waals surface area (Å²) in [5.41, 5.74) is 0.700. The fraction of sp³-hybridized carbons (Fsp3) is 0.800. The number of nitrogens with one attached hydrogen (secondary N) is 1. The predicted octanol–water partition coefficient (Wildman–Crippen LogP) is 1.16. The smallest absolute Gasteiger partial charge is 0.197 e. The lowest BCUT2D eigenvalue weighted by Gasteiger charge is -2.06. The Morgan fingerprint density at radius 2 is 1.69 bits per heavy atom. The van der Waals surface area contributed by atoms with Crippen molar-refractivity contribution in [3.8, 4) is 12.3 Å². The predicted molar refractivity (Wildman–Crippen MR) is 56.3 cm³/mol. The Hall–Kier alpha value is -0.460. The molecule has 2 fully saturated rings. The lowest BCUT2D eigenvalue weighted by Crippen LogP contribution is -2.17. The van der Waals surface area contributed by atoms with Crippen molar-refractivity contribution in [2.75, 3.05) is 13.1 Å². The Bertz CT molecular complexity index is 186. The molecule has 2 aliphatic rings. The van der Waals surface area contributed by atoms with Crippen molar-refractivity contribution >= 4 is 12.5 Å². The number of terminal acetylenes is 1. The number of fused-ring (bicyclic) bond motifs is 1. The highest BCUT2D eigenvalue weighted by Gasteiger charge is 2.59. The minimum Gasteiger partial charge on any atom is -0.316 e. The van der Waals surface area contributed by atoms with Crippen LogP contribution in [-0.4, -0.2) is 17.3 Å². The normalized spacial score (nSPS) is 30.9. The lowest BCUT2D eigenvalue weighted by molar-refractivity contribution is 0.475. The average molecular weight is 199 g/mol. The maximum Gasteiger partial charge on any atom is 0.197 e. The molecule has 0 radical (unpaired) electrons. The van der Waals surface area contributed by atoms with Crippen LogP contribution >= 0.6 is 0 Å². The van der Waals surface area contributed by atoms with E-state index < -0.39 is 0 Å². The quantitative estimate of drug-likeness (QED) is 0.594. The molecule has 0 aromatic heterocycles. The molecule has 74 valence electrons. The van der Waals surface area contributed by atoms with Gasteiger partial charge >= 0.3 is 0 Å². The van der Waals surface area contributed by atoms with Crippen LogP contribution in [0.4, 0.5) is 0 Å². The molecule has 1 heterocycles. The van der Waals surface area contributed by atoms with Crippen LogP contribution in [0.2, 0.25) is 0 Å². The third kappa shape index (κ3) is 2.75. The van der Waals surface area contributed by atoms with E-state index in [9.17, 15) is 0 Å². The van der Waals surface area contributed by atoms with Gasteiger partial charge in [0.15, 0.2) is 12.5 Å². The van der Waals surface area contributed by atoms with E-state index in [0.29, 0.717) is 5.41 Å². The van der Waals surface area contributed by atoms with Gasteiger partial charge in [-0.15, -0.1) is 12.3 Å². The Kier molecular flexibility index (Phi) is 5.12. The van der Waals surface area contributed by atoms with Crippen LogP contribution in [0.1, 0.15) is 20.8 Å². The molecule has 2 rings (SSSR count). The first-order chi connectivity index (χ1) is 6.14. The maximum absolute atomic E-state index is 7.83. The van der Waals surface area contributed by atoms with E-state index in [-0.39, 0.29) is 0 Å². The maximum atomic E-state index is 7.83. The van der Waals surface area contributed by atoms with E-state index in [4.69, 9.17) is 4.21 Å². The van der Waals surface area contributed by atoms with Gasteiger partial charge in [0.25, 0.3) is 0 Å². The third-order valence-electron chi connectivity index (χ3n) is 3.02. The summed E-state index contributed by atoms with van der Waals surface area (Å²) in [5.74, 6) is 4.28. The van der Waals surface area contributed by atoms with Crippen molar-refractivity contribution in [1.82, 2.24) is 5.32 Å². The summed E-state index contributed by atoms with van der Waals surface area (Å²) in [6, 6.07) is 0. The number of piperidine rings is 1. The van der Waals surface area contributed by atoms with E-state index in [1.807, 2.05) is 0 Å². The van der Waals surface area contributed by atoms with Gasteiger partial charge in [-0.1, -0.05) is 13.8 Å². The molecular weight excluding hydrogens is 182 g/mol. The van der Waals surface area contributed by atoms with Crippen LogP contribution in [-0.2, 0) is 12.5 Å². The second-order valence-corrected chi connectivity index (χ2v) is 3.98. The summed E-state index contributed by atoms with van der Waals surface area (Å²) in [6.07, 6.45) is 4.60. The van der Waals surface area contributed by atoms with Crippen LogP contribution < -0.4 is 5.32 Å². The first kappa shape index (κ1) is 12.5. The zero-order valence-corrected chi connectivity index (χ0v) is 9.28.